The monoisotopic (exact) mass is 442 g/mol. The molecule has 1 aliphatic heterocycles. The second kappa shape index (κ2) is 9.42. The highest BCUT2D eigenvalue weighted by atomic mass is 16.3. The van der Waals surface area contributed by atoms with Gasteiger partial charge in [-0.3, -0.25) is 9.59 Å². The number of likely N-dealkylation sites (N-methyl/N-ethyl adjacent to an activating group) is 1. The van der Waals surface area contributed by atoms with Crippen molar-refractivity contribution in [3.63, 3.8) is 0 Å². The first-order valence-electron chi connectivity index (χ1n) is 11.0. The maximum absolute atomic E-state index is 13.2. The number of aryl methyl sites for hydroxylation is 1. The second-order valence-electron chi connectivity index (χ2n) is 9.60. The Hall–Kier alpha value is -2.71. The van der Waals surface area contributed by atoms with Gasteiger partial charge in [-0.05, 0) is 31.9 Å². The van der Waals surface area contributed by atoms with Gasteiger partial charge in [0.2, 0.25) is 11.8 Å². The Morgan fingerprint density at radius 1 is 1.25 bits per heavy atom. The third-order valence-corrected chi connectivity index (χ3v) is 6.04. The number of rotatable bonds is 6. The lowest BCUT2D eigenvalue weighted by molar-refractivity contribution is -0.142. The van der Waals surface area contributed by atoms with Crippen molar-refractivity contribution < 1.29 is 19.1 Å². The van der Waals surface area contributed by atoms with Crippen LogP contribution in [0.1, 0.15) is 51.4 Å². The van der Waals surface area contributed by atoms with Gasteiger partial charge in [-0.15, -0.1) is 0 Å². The molecule has 0 saturated carbocycles. The minimum Gasteiger partial charge on any atom is -0.443 e. The highest BCUT2D eigenvalue weighted by molar-refractivity contribution is 5.91. The number of likely N-dealkylation sites (tertiary alicyclic amines) is 1. The summed E-state index contributed by atoms with van der Waals surface area (Å²) >= 11 is 0. The number of carbonyl (C=O) groups excluding carboxylic acids is 2. The number of aliphatic hydroxyl groups is 1. The van der Waals surface area contributed by atoms with Crippen LogP contribution in [-0.4, -0.2) is 58.6 Å². The summed E-state index contributed by atoms with van der Waals surface area (Å²) < 4.78 is 5.43. The summed E-state index contributed by atoms with van der Waals surface area (Å²) in [4.78, 5) is 31.9. The van der Waals surface area contributed by atoms with Crippen LogP contribution in [0.25, 0.3) is 11.3 Å². The van der Waals surface area contributed by atoms with Crippen LogP contribution in [-0.2, 0) is 9.59 Å². The lowest BCUT2D eigenvalue weighted by atomic mass is 9.86. The van der Waals surface area contributed by atoms with Crippen molar-refractivity contribution in [2.24, 2.45) is 5.41 Å². The van der Waals surface area contributed by atoms with E-state index in [1.165, 1.54) is 11.3 Å². The van der Waals surface area contributed by atoms with Crippen molar-refractivity contribution in [1.29, 1.82) is 0 Å². The first kappa shape index (κ1) is 23.9. The van der Waals surface area contributed by atoms with Crippen LogP contribution in [0, 0.1) is 12.3 Å². The molecular weight excluding hydrogens is 408 g/mol. The highest BCUT2D eigenvalue weighted by Crippen LogP contribution is 2.27. The maximum atomic E-state index is 13.2. The summed E-state index contributed by atoms with van der Waals surface area (Å²) in [7, 11) is 1.74. The van der Waals surface area contributed by atoms with Gasteiger partial charge in [0.15, 0.2) is 12.2 Å². The number of oxazole rings is 1. The Morgan fingerprint density at radius 3 is 2.44 bits per heavy atom. The molecule has 0 aliphatic carbocycles. The molecule has 2 heterocycles. The Bertz CT molecular complexity index is 948. The van der Waals surface area contributed by atoms with E-state index in [0.29, 0.717) is 0 Å². The molecule has 1 aliphatic rings. The molecule has 1 saturated heterocycles. The normalized spacial score (nSPS) is 20.8. The zero-order chi connectivity index (χ0) is 23.6. The topological polar surface area (TPSA) is 108 Å². The average Bonchev–Trinajstić information content (AvgIpc) is 3.33. The van der Waals surface area contributed by atoms with Crippen molar-refractivity contribution in [1.82, 2.24) is 20.5 Å². The fourth-order valence-electron chi connectivity index (χ4n) is 4.29. The predicted octanol–water partition coefficient (Wildman–Crippen LogP) is 2.42. The molecule has 174 valence electrons. The van der Waals surface area contributed by atoms with Gasteiger partial charge < -0.3 is 25.1 Å². The van der Waals surface area contributed by atoms with Gasteiger partial charge in [-0.25, -0.2) is 4.98 Å². The zero-order valence-electron chi connectivity index (χ0n) is 19.7. The number of hydrogen-bond donors (Lipinski definition) is 3. The van der Waals surface area contributed by atoms with Crippen LogP contribution >= 0.6 is 0 Å². The van der Waals surface area contributed by atoms with E-state index < -0.39 is 18.2 Å². The number of aromatic nitrogens is 1. The van der Waals surface area contributed by atoms with E-state index in [2.05, 4.69) is 15.6 Å². The smallest absolute Gasteiger partial charge is 0.243 e. The first-order valence-corrected chi connectivity index (χ1v) is 11.0. The molecule has 4 atom stereocenters. The summed E-state index contributed by atoms with van der Waals surface area (Å²) in [6.45, 7) is 9.86. The van der Waals surface area contributed by atoms with Crippen LogP contribution < -0.4 is 10.6 Å². The van der Waals surface area contributed by atoms with E-state index in [9.17, 15) is 14.7 Å². The minimum absolute atomic E-state index is 0.158. The molecule has 2 amide bonds. The SMILES string of the molecule is CNC(C(=O)N1C[C@H](O)CC1C(=O)NC(C)c1ccc(-c2ocnc2C)cc1)C(C)(C)C. The molecule has 8 nitrogen and oxygen atoms in total. The van der Waals surface area contributed by atoms with E-state index in [0.717, 1.165) is 22.6 Å². The number of nitrogens with one attached hydrogen (secondary N) is 2. The zero-order valence-corrected chi connectivity index (χ0v) is 19.7. The fourth-order valence-corrected chi connectivity index (χ4v) is 4.29. The van der Waals surface area contributed by atoms with Crippen LogP contribution in [0.2, 0.25) is 0 Å². The first-order chi connectivity index (χ1) is 15.0. The number of nitrogens with zero attached hydrogens (tertiary/aromatic N) is 2. The second-order valence-corrected chi connectivity index (χ2v) is 9.60. The van der Waals surface area contributed by atoms with Gasteiger partial charge in [0.1, 0.15) is 6.04 Å². The third kappa shape index (κ3) is 5.02. The number of aliphatic hydroxyl groups excluding tert-OH is 1. The number of amides is 2. The Labute approximate surface area is 189 Å². The van der Waals surface area contributed by atoms with Gasteiger partial charge in [-0.1, -0.05) is 45.0 Å². The van der Waals surface area contributed by atoms with Gasteiger partial charge in [0, 0.05) is 18.5 Å². The molecule has 32 heavy (non-hydrogen) atoms. The van der Waals surface area contributed by atoms with Gasteiger partial charge in [-0.2, -0.15) is 0 Å². The lowest BCUT2D eigenvalue weighted by Crippen LogP contribution is -2.56. The average molecular weight is 443 g/mol. The van der Waals surface area contributed by atoms with Crippen molar-refractivity contribution >= 4 is 11.8 Å². The van der Waals surface area contributed by atoms with Crippen molar-refractivity contribution in [3.05, 3.63) is 41.9 Å². The molecule has 2 aromatic rings. The standard InChI is InChI=1S/C24H34N4O4/c1-14(16-7-9-17(10-8-16)20-15(2)26-13-32-20)27-22(30)19-11-18(29)12-28(19)23(31)21(25-6)24(3,4)5/h7-10,13-14,18-19,21,25,29H,11-12H2,1-6H3,(H,27,30)/t14?,18-,19?,21?/m1/s1. The largest absolute Gasteiger partial charge is 0.443 e. The van der Waals surface area contributed by atoms with Gasteiger partial charge in [0.25, 0.3) is 0 Å². The molecule has 1 fully saturated rings. The Kier molecular flexibility index (Phi) is 7.05. The summed E-state index contributed by atoms with van der Waals surface area (Å²) in [5.41, 5.74) is 2.34. The molecule has 1 aromatic carbocycles. The van der Waals surface area contributed by atoms with Gasteiger partial charge in [0.05, 0.1) is 23.9 Å². The summed E-state index contributed by atoms with van der Waals surface area (Å²) in [6.07, 6.45) is 0.934. The van der Waals surface area contributed by atoms with Crippen molar-refractivity contribution in [3.8, 4) is 11.3 Å². The van der Waals surface area contributed by atoms with E-state index in [-0.39, 0.29) is 36.2 Å². The van der Waals surface area contributed by atoms with E-state index in [4.69, 9.17) is 4.42 Å². The summed E-state index contributed by atoms with van der Waals surface area (Å²) in [5.74, 6) is 0.290. The summed E-state index contributed by atoms with van der Waals surface area (Å²) in [6, 6.07) is 6.33. The molecule has 0 bridgehead atoms. The molecule has 0 radical (unpaired) electrons. The number of β-amino-alcohol motifs (C(OH)–C–C–N with tert-alkyl or cyclic N) is 1. The molecular formula is C24H34N4O4. The molecule has 3 rings (SSSR count). The number of hydrogen-bond acceptors (Lipinski definition) is 6. The van der Waals surface area contributed by atoms with Gasteiger partial charge >= 0.3 is 0 Å². The third-order valence-electron chi connectivity index (χ3n) is 6.04. The fraction of sp³-hybridized carbons (Fsp3) is 0.542. The van der Waals surface area contributed by atoms with Crippen molar-refractivity contribution in [2.45, 2.75) is 65.3 Å². The Morgan fingerprint density at radius 2 is 1.91 bits per heavy atom. The van der Waals surface area contributed by atoms with Crippen LogP contribution in [0.4, 0.5) is 0 Å². The lowest BCUT2D eigenvalue weighted by Gasteiger charge is -2.34. The molecule has 3 unspecified atom stereocenters. The predicted molar refractivity (Wildman–Crippen MR) is 122 cm³/mol. The van der Waals surface area contributed by atoms with E-state index in [1.807, 2.05) is 58.9 Å². The summed E-state index contributed by atoms with van der Waals surface area (Å²) in [5, 5.41) is 16.3. The van der Waals surface area contributed by atoms with E-state index in [1.54, 1.807) is 7.05 Å². The maximum Gasteiger partial charge on any atom is 0.243 e. The van der Waals surface area contributed by atoms with Crippen LogP contribution in [0.3, 0.4) is 0 Å². The highest BCUT2D eigenvalue weighted by Gasteiger charge is 2.43. The van der Waals surface area contributed by atoms with E-state index >= 15 is 0 Å². The number of benzene rings is 1. The quantitative estimate of drug-likeness (QED) is 0.634. The molecule has 3 N–H and O–H groups in total. The molecule has 0 spiro atoms. The number of carbonyl (C=O) groups is 2. The Balaban J connectivity index is 1.70. The van der Waals surface area contributed by atoms with Crippen molar-refractivity contribution in [2.75, 3.05) is 13.6 Å². The molecule has 8 heteroatoms. The van der Waals surface area contributed by atoms with Crippen LogP contribution in [0.5, 0.6) is 0 Å². The van der Waals surface area contributed by atoms with Crippen LogP contribution in [0.15, 0.2) is 35.1 Å². The minimum atomic E-state index is -0.716. The molecule has 1 aromatic heterocycles.